The van der Waals surface area contributed by atoms with E-state index in [1.54, 1.807) is 24.3 Å². The second-order valence-electron chi connectivity index (χ2n) is 5.14. The number of hydrogen-bond acceptors (Lipinski definition) is 5. The van der Waals surface area contributed by atoms with E-state index < -0.39 is 10.0 Å². The minimum absolute atomic E-state index is 0.0491. The third-order valence-electron chi connectivity index (χ3n) is 3.67. The van der Waals surface area contributed by atoms with E-state index in [2.05, 4.69) is 4.98 Å². The molecule has 2 aromatic rings. The molecule has 1 N–H and O–H groups in total. The zero-order chi connectivity index (χ0) is 16.3. The monoisotopic (exact) mass is 331 g/mol. The zero-order valence-corrected chi connectivity index (χ0v) is 13.3. The highest BCUT2D eigenvalue weighted by molar-refractivity contribution is 7.89. The number of pyridine rings is 1. The molecule has 0 spiro atoms. The smallest absolute Gasteiger partial charge is 0.260 e. The van der Waals surface area contributed by atoms with Crippen LogP contribution in [0.2, 0.25) is 0 Å². The highest BCUT2D eigenvalue weighted by Gasteiger charge is 2.27. The van der Waals surface area contributed by atoms with Gasteiger partial charge in [0.25, 0.3) is 10.0 Å². The van der Waals surface area contributed by atoms with Crippen molar-refractivity contribution in [2.24, 2.45) is 0 Å². The van der Waals surface area contributed by atoms with E-state index in [0.29, 0.717) is 32.0 Å². The van der Waals surface area contributed by atoms with Gasteiger partial charge in [0.1, 0.15) is 0 Å². The molecule has 120 valence electrons. The number of hydrogen-bond donors (Lipinski definition) is 1. The molecule has 0 aliphatic carbocycles. The van der Waals surface area contributed by atoms with Crippen molar-refractivity contribution >= 4 is 16.2 Å². The van der Waals surface area contributed by atoms with Gasteiger partial charge in [-0.1, -0.05) is 30.3 Å². The van der Waals surface area contributed by atoms with Crippen molar-refractivity contribution in [2.75, 3.05) is 26.3 Å². The minimum atomic E-state index is -3.60. The largest absolute Gasteiger partial charge is 0.379 e. The maximum atomic E-state index is 12.6. The van der Waals surface area contributed by atoms with Crippen LogP contribution in [0.5, 0.6) is 0 Å². The van der Waals surface area contributed by atoms with Gasteiger partial charge in [0.05, 0.1) is 18.9 Å². The molecule has 2 heterocycles. The maximum Gasteiger partial charge on any atom is 0.260 e. The van der Waals surface area contributed by atoms with Gasteiger partial charge < -0.3 is 10.1 Å². The highest BCUT2D eigenvalue weighted by Crippen LogP contribution is 2.21. The molecule has 0 atom stereocenters. The predicted octanol–water partition coefficient (Wildman–Crippen LogP) is 1.77. The molecule has 23 heavy (non-hydrogen) atoms. The molecule has 6 nitrogen and oxygen atoms in total. The summed E-state index contributed by atoms with van der Waals surface area (Å²) in [4.78, 5) is 4.32. The first-order valence-corrected chi connectivity index (χ1v) is 8.71. The van der Waals surface area contributed by atoms with Gasteiger partial charge >= 0.3 is 0 Å². The van der Waals surface area contributed by atoms with Gasteiger partial charge in [0, 0.05) is 24.9 Å². The zero-order valence-electron chi connectivity index (χ0n) is 12.5. The lowest BCUT2D eigenvalue weighted by atomic mass is 10.1. The molecule has 1 aromatic heterocycles. The first-order chi connectivity index (χ1) is 11.1. The van der Waals surface area contributed by atoms with Gasteiger partial charge in [-0.25, -0.2) is 13.4 Å². The molecule has 1 saturated heterocycles. The Morgan fingerprint density at radius 1 is 1.09 bits per heavy atom. The summed E-state index contributed by atoms with van der Waals surface area (Å²) < 4.78 is 31.9. The van der Waals surface area contributed by atoms with E-state index in [1.807, 2.05) is 12.1 Å². The SMILES string of the molecule is N=Cc1ccc(-c2cccc(S(=O)(=O)N3CCOCC3)n2)cc1. The molecule has 3 rings (SSSR count). The second-order valence-corrected chi connectivity index (χ2v) is 7.03. The molecule has 1 aliphatic rings. The van der Waals surface area contributed by atoms with Gasteiger partial charge in [-0.15, -0.1) is 0 Å². The number of rotatable bonds is 4. The first kappa shape index (κ1) is 15.8. The highest BCUT2D eigenvalue weighted by atomic mass is 32.2. The minimum Gasteiger partial charge on any atom is -0.379 e. The van der Waals surface area contributed by atoms with Crippen LogP contribution >= 0.6 is 0 Å². The standard InChI is InChI=1S/C16H17N3O3S/c17-12-13-4-6-14(7-5-13)15-2-1-3-16(18-15)23(20,21)19-8-10-22-11-9-19/h1-7,12,17H,8-11H2. The summed E-state index contributed by atoms with van der Waals surface area (Å²) in [6.07, 6.45) is 1.26. The van der Waals surface area contributed by atoms with Crippen molar-refractivity contribution in [1.82, 2.24) is 9.29 Å². The maximum absolute atomic E-state index is 12.6. The molecule has 0 saturated carbocycles. The number of ether oxygens (including phenoxy) is 1. The molecule has 7 heteroatoms. The number of sulfonamides is 1. The Balaban J connectivity index is 1.93. The van der Waals surface area contributed by atoms with Crippen LogP contribution in [-0.2, 0) is 14.8 Å². The van der Waals surface area contributed by atoms with Crippen LogP contribution in [0, 0.1) is 5.41 Å². The molecule has 0 radical (unpaired) electrons. The molecule has 1 aromatic carbocycles. The van der Waals surface area contributed by atoms with Crippen LogP contribution < -0.4 is 0 Å². The van der Waals surface area contributed by atoms with Crippen molar-refractivity contribution < 1.29 is 13.2 Å². The number of aromatic nitrogens is 1. The fourth-order valence-corrected chi connectivity index (χ4v) is 3.75. The average Bonchev–Trinajstić information content (AvgIpc) is 2.62. The third-order valence-corrected chi connectivity index (χ3v) is 5.47. The molecule has 0 amide bonds. The summed E-state index contributed by atoms with van der Waals surface area (Å²) in [6.45, 7) is 1.51. The molecule has 0 bridgehead atoms. The molecular formula is C16H17N3O3S. The van der Waals surface area contributed by atoms with Crippen LogP contribution in [0.25, 0.3) is 11.3 Å². The van der Waals surface area contributed by atoms with E-state index in [-0.39, 0.29) is 5.03 Å². The van der Waals surface area contributed by atoms with Crippen molar-refractivity contribution in [2.45, 2.75) is 5.03 Å². The Bertz CT molecular complexity index is 798. The van der Waals surface area contributed by atoms with E-state index in [1.165, 1.54) is 16.6 Å². The van der Waals surface area contributed by atoms with Crippen LogP contribution in [-0.4, -0.2) is 50.2 Å². The quantitative estimate of drug-likeness (QED) is 0.866. The van der Waals surface area contributed by atoms with Crippen LogP contribution in [0.4, 0.5) is 0 Å². The topological polar surface area (TPSA) is 83.4 Å². The summed E-state index contributed by atoms with van der Waals surface area (Å²) in [7, 11) is -3.60. The lowest BCUT2D eigenvalue weighted by Gasteiger charge is -2.25. The second kappa shape index (κ2) is 6.57. The number of nitrogens with one attached hydrogen (secondary N) is 1. The average molecular weight is 331 g/mol. The van der Waals surface area contributed by atoms with Crippen molar-refractivity contribution in [3.63, 3.8) is 0 Å². The Kier molecular flexibility index (Phi) is 4.51. The summed E-state index contributed by atoms with van der Waals surface area (Å²) in [6, 6.07) is 12.2. The Morgan fingerprint density at radius 2 is 1.78 bits per heavy atom. The van der Waals surface area contributed by atoms with Gasteiger partial charge in [-0.2, -0.15) is 4.31 Å². The number of nitrogens with zero attached hydrogens (tertiary/aromatic N) is 2. The summed E-state index contributed by atoms with van der Waals surface area (Å²) in [5.41, 5.74) is 2.19. The normalized spacial score (nSPS) is 16.2. The van der Waals surface area contributed by atoms with Crippen molar-refractivity contribution in [1.29, 1.82) is 5.41 Å². The van der Waals surface area contributed by atoms with Gasteiger partial charge in [-0.05, 0) is 17.7 Å². The van der Waals surface area contributed by atoms with Crippen LogP contribution in [0.3, 0.4) is 0 Å². The summed E-state index contributed by atoms with van der Waals surface area (Å²) >= 11 is 0. The Morgan fingerprint density at radius 3 is 2.43 bits per heavy atom. The number of benzene rings is 1. The molecule has 0 unspecified atom stereocenters. The van der Waals surface area contributed by atoms with E-state index in [0.717, 1.165) is 11.1 Å². The third kappa shape index (κ3) is 3.31. The van der Waals surface area contributed by atoms with Crippen LogP contribution in [0.15, 0.2) is 47.5 Å². The molecular weight excluding hydrogens is 314 g/mol. The van der Waals surface area contributed by atoms with E-state index in [9.17, 15) is 8.42 Å². The first-order valence-electron chi connectivity index (χ1n) is 7.27. The lowest BCUT2D eigenvalue weighted by Crippen LogP contribution is -2.40. The lowest BCUT2D eigenvalue weighted by molar-refractivity contribution is 0.0729. The van der Waals surface area contributed by atoms with Crippen LogP contribution in [0.1, 0.15) is 5.56 Å². The molecule has 1 aliphatic heterocycles. The fourth-order valence-electron chi connectivity index (χ4n) is 2.39. The van der Waals surface area contributed by atoms with E-state index in [4.69, 9.17) is 10.1 Å². The molecule has 1 fully saturated rings. The van der Waals surface area contributed by atoms with Gasteiger partial charge in [0.15, 0.2) is 5.03 Å². The Hall–Kier alpha value is -2.09. The van der Waals surface area contributed by atoms with Gasteiger partial charge in [0.2, 0.25) is 0 Å². The van der Waals surface area contributed by atoms with E-state index >= 15 is 0 Å². The summed E-state index contributed by atoms with van der Waals surface area (Å²) in [5.74, 6) is 0. The fraction of sp³-hybridized carbons (Fsp3) is 0.250. The van der Waals surface area contributed by atoms with Crippen molar-refractivity contribution in [3.8, 4) is 11.3 Å². The van der Waals surface area contributed by atoms with Gasteiger partial charge in [-0.3, -0.25) is 0 Å². The Labute approximate surface area is 135 Å². The number of morpholine rings is 1. The predicted molar refractivity (Wildman–Crippen MR) is 87.1 cm³/mol. The van der Waals surface area contributed by atoms with Crippen molar-refractivity contribution in [3.05, 3.63) is 48.0 Å². The summed E-state index contributed by atoms with van der Waals surface area (Å²) in [5, 5.41) is 7.26.